The number of pyridine rings is 1. The quantitative estimate of drug-likeness (QED) is 0.415. The van der Waals surface area contributed by atoms with Crippen LogP contribution in [0.4, 0.5) is 0 Å². The number of rotatable bonds is 6. The van der Waals surface area contributed by atoms with Gasteiger partial charge in [0.15, 0.2) is 0 Å². The number of carbonyl (C=O) groups excluding carboxylic acids is 1. The number of fused-ring (bicyclic) bond motifs is 1. The van der Waals surface area contributed by atoms with Crippen LogP contribution in [0.3, 0.4) is 0 Å². The van der Waals surface area contributed by atoms with Crippen molar-refractivity contribution < 1.29 is 4.79 Å². The normalized spacial score (nSPS) is 14.1. The van der Waals surface area contributed by atoms with E-state index in [4.69, 9.17) is 5.10 Å². The highest BCUT2D eigenvalue weighted by Gasteiger charge is 2.30. The number of H-pyrrole nitrogens is 1. The van der Waals surface area contributed by atoms with Crippen molar-refractivity contribution in [1.29, 1.82) is 0 Å². The minimum atomic E-state index is -0.223. The number of amides is 1. The van der Waals surface area contributed by atoms with Crippen LogP contribution in [0.1, 0.15) is 56.9 Å². The Balaban J connectivity index is 1.58. The summed E-state index contributed by atoms with van der Waals surface area (Å²) in [6.07, 6.45) is 2.95. The second-order valence-electron chi connectivity index (χ2n) is 10.5. The monoisotopic (exact) mass is 468 g/mol. The summed E-state index contributed by atoms with van der Waals surface area (Å²) in [7, 11) is 0. The number of nitrogens with one attached hydrogen (secondary N) is 1. The minimum absolute atomic E-state index is 0.0625. The maximum Gasteiger partial charge on any atom is 0.254 e. The second-order valence-corrected chi connectivity index (χ2v) is 10.5. The maximum atomic E-state index is 13.3. The van der Waals surface area contributed by atoms with Crippen LogP contribution in [-0.2, 0) is 23.3 Å². The lowest BCUT2D eigenvalue weighted by molar-refractivity contribution is -0.139. The van der Waals surface area contributed by atoms with Gasteiger partial charge in [0.25, 0.3) is 5.56 Å². The molecule has 6 nitrogen and oxygen atoms in total. The fourth-order valence-corrected chi connectivity index (χ4v) is 4.68. The summed E-state index contributed by atoms with van der Waals surface area (Å²) in [6.45, 7) is 7.13. The van der Waals surface area contributed by atoms with Crippen molar-refractivity contribution in [3.8, 4) is 5.69 Å². The summed E-state index contributed by atoms with van der Waals surface area (Å²) in [5, 5.41) is 5.82. The number of nitrogens with zero attached hydrogens (tertiary/aromatic N) is 3. The summed E-state index contributed by atoms with van der Waals surface area (Å²) in [6, 6.07) is 21.7. The predicted molar refractivity (Wildman–Crippen MR) is 138 cm³/mol. The summed E-state index contributed by atoms with van der Waals surface area (Å²) in [4.78, 5) is 31.6. The van der Waals surface area contributed by atoms with Gasteiger partial charge in [-0.15, -0.1) is 0 Å². The van der Waals surface area contributed by atoms with Crippen molar-refractivity contribution in [2.45, 2.75) is 58.5 Å². The number of aromatic amines is 1. The summed E-state index contributed by atoms with van der Waals surface area (Å²) in [5.74, 6) is 0.197. The van der Waals surface area contributed by atoms with Crippen molar-refractivity contribution in [3.05, 3.63) is 93.9 Å². The largest absolute Gasteiger partial charge is 0.334 e. The Kier molecular flexibility index (Phi) is 6.05. The van der Waals surface area contributed by atoms with Gasteiger partial charge in [0.05, 0.1) is 17.9 Å². The van der Waals surface area contributed by atoms with Crippen LogP contribution >= 0.6 is 0 Å². The molecule has 0 spiro atoms. The fraction of sp³-hybridized carbons (Fsp3) is 0.345. The molecule has 1 aliphatic rings. The number of aromatic nitrogens is 3. The van der Waals surface area contributed by atoms with E-state index in [1.165, 1.54) is 0 Å². The van der Waals surface area contributed by atoms with E-state index in [9.17, 15) is 9.59 Å². The van der Waals surface area contributed by atoms with Crippen LogP contribution in [0.2, 0.25) is 0 Å². The summed E-state index contributed by atoms with van der Waals surface area (Å²) < 4.78 is 1.81. The zero-order valence-corrected chi connectivity index (χ0v) is 20.6. The van der Waals surface area contributed by atoms with Gasteiger partial charge in [0, 0.05) is 28.8 Å². The van der Waals surface area contributed by atoms with Gasteiger partial charge in [-0.3, -0.25) is 9.59 Å². The van der Waals surface area contributed by atoms with Crippen LogP contribution in [0.25, 0.3) is 16.7 Å². The highest BCUT2D eigenvalue weighted by molar-refractivity contribution is 5.82. The molecule has 1 N–H and O–H groups in total. The van der Waals surface area contributed by atoms with Gasteiger partial charge in [0.1, 0.15) is 5.65 Å². The lowest BCUT2D eigenvalue weighted by Crippen LogP contribution is -2.39. The molecule has 0 radical (unpaired) electrons. The van der Waals surface area contributed by atoms with Gasteiger partial charge in [-0.25, -0.2) is 4.68 Å². The molecule has 0 unspecified atom stereocenters. The number of carbonyl (C=O) groups is 1. The molecule has 180 valence electrons. The van der Waals surface area contributed by atoms with Crippen LogP contribution < -0.4 is 5.56 Å². The molecule has 1 fully saturated rings. The van der Waals surface area contributed by atoms with E-state index in [2.05, 4.69) is 25.8 Å². The first kappa shape index (κ1) is 23.1. The Morgan fingerprint density at radius 2 is 1.69 bits per heavy atom. The molecule has 1 amide bonds. The average Bonchev–Trinajstić information content (AvgIpc) is 3.17. The SMILES string of the molecule is CC(C)(C)c1nn(-c2ccccc2)c2[nH]c(=O)c(CN(Cc3ccccc3)C(=O)C3CCC3)cc12. The maximum absolute atomic E-state index is 13.3. The van der Waals surface area contributed by atoms with Crippen molar-refractivity contribution in [1.82, 2.24) is 19.7 Å². The predicted octanol–water partition coefficient (Wildman–Crippen LogP) is 5.34. The van der Waals surface area contributed by atoms with E-state index in [0.29, 0.717) is 17.8 Å². The first-order chi connectivity index (χ1) is 16.8. The second kappa shape index (κ2) is 9.17. The highest BCUT2D eigenvalue weighted by atomic mass is 16.2. The molecule has 35 heavy (non-hydrogen) atoms. The number of hydrogen-bond acceptors (Lipinski definition) is 3. The number of benzene rings is 2. The molecular formula is C29H32N4O2. The first-order valence-electron chi connectivity index (χ1n) is 12.3. The van der Waals surface area contributed by atoms with Crippen molar-refractivity contribution in [2.75, 3.05) is 0 Å². The van der Waals surface area contributed by atoms with E-state index in [-0.39, 0.29) is 29.3 Å². The third-order valence-electron chi connectivity index (χ3n) is 6.82. The Hall–Kier alpha value is -3.67. The van der Waals surface area contributed by atoms with Crippen molar-refractivity contribution in [2.24, 2.45) is 5.92 Å². The fourth-order valence-electron chi connectivity index (χ4n) is 4.68. The molecule has 1 aliphatic carbocycles. The van der Waals surface area contributed by atoms with Crippen LogP contribution in [-0.4, -0.2) is 25.6 Å². The number of hydrogen-bond donors (Lipinski definition) is 1. The van der Waals surface area contributed by atoms with E-state index < -0.39 is 0 Å². The molecule has 4 aromatic rings. The van der Waals surface area contributed by atoms with Crippen molar-refractivity contribution >= 4 is 16.9 Å². The molecule has 0 bridgehead atoms. The Labute approximate surface area is 205 Å². The standard InChI is InChI=1S/C29H32N4O2/c1-29(2,3)25-24-17-22(27(34)30-26(24)33(31-25)23-15-8-5-9-16-23)19-32(28(35)21-13-10-14-21)18-20-11-6-4-7-12-20/h4-9,11-12,15-17,21H,10,13-14,18-19H2,1-3H3,(H,30,34). The molecule has 0 aliphatic heterocycles. The van der Waals surface area contributed by atoms with E-state index >= 15 is 0 Å². The van der Waals surface area contributed by atoms with E-state index in [0.717, 1.165) is 41.6 Å². The summed E-state index contributed by atoms with van der Waals surface area (Å²) in [5.41, 5.74) is 3.71. The molecule has 5 rings (SSSR count). The first-order valence-corrected chi connectivity index (χ1v) is 12.3. The van der Waals surface area contributed by atoms with E-state index in [1.807, 2.05) is 76.3 Å². The molecule has 1 saturated carbocycles. The highest BCUT2D eigenvalue weighted by Crippen LogP contribution is 2.31. The van der Waals surface area contributed by atoms with Gasteiger partial charge in [-0.05, 0) is 36.6 Å². The molecule has 2 aromatic carbocycles. The van der Waals surface area contributed by atoms with Crippen molar-refractivity contribution in [3.63, 3.8) is 0 Å². The topological polar surface area (TPSA) is 71.0 Å². The molecule has 0 saturated heterocycles. The van der Waals surface area contributed by atoms with Crippen LogP contribution in [0, 0.1) is 5.92 Å². The molecule has 6 heteroatoms. The number of para-hydroxylation sites is 1. The smallest absolute Gasteiger partial charge is 0.254 e. The Morgan fingerprint density at radius 3 is 2.29 bits per heavy atom. The third-order valence-corrected chi connectivity index (χ3v) is 6.82. The van der Waals surface area contributed by atoms with Crippen LogP contribution in [0.5, 0.6) is 0 Å². The van der Waals surface area contributed by atoms with Gasteiger partial charge in [-0.2, -0.15) is 5.10 Å². The van der Waals surface area contributed by atoms with Gasteiger partial charge in [0.2, 0.25) is 5.91 Å². The summed E-state index contributed by atoms with van der Waals surface area (Å²) >= 11 is 0. The van der Waals surface area contributed by atoms with Crippen LogP contribution in [0.15, 0.2) is 71.5 Å². The average molecular weight is 469 g/mol. The lowest BCUT2D eigenvalue weighted by atomic mass is 9.84. The lowest BCUT2D eigenvalue weighted by Gasteiger charge is -2.31. The molecule has 2 heterocycles. The molecular weight excluding hydrogens is 436 g/mol. The van der Waals surface area contributed by atoms with Gasteiger partial charge in [-0.1, -0.05) is 75.7 Å². The zero-order valence-electron chi connectivity index (χ0n) is 20.6. The Bertz CT molecular complexity index is 1390. The Morgan fingerprint density at radius 1 is 1.03 bits per heavy atom. The van der Waals surface area contributed by atoms with E-state index in [1.54, 1.807) is 0 Å². The molecule has 0 atom stereocenters. The minimum Gasteiger partial charge on any atom is -0.334 e. The molecule has 2 aromatic heterocycles. The van der Waals surface area contributed by atoms with Gasteiger partial charge < -0.3 is 9.88 Å². The van der Waals surface area contributed by atoms with Gasteiger partial charge >= 0.3 is 0 Å². The zero-order chi connectivity index (χ0) is 24.6. The third kappa shape index (κ3) is 4.65.